The smallest absolute Gasteiger partial charge is 0.162 e. The maximum Gasteiger partial charge on any atom is 0.162 e. The Morgan fingerprint density at radius 3 is 2.38 bits per heavy atom. The summed E-state index contributed by atoms with van der Waals surface area (Å²) in [5.74, 6) is 0.466. The molecular weight excluding hydrogens is 365 g/mol. The lowest BCUT2D eigenvalue weighted by atomic mass is 9.95. The van der Waals surface area contributed by atoms with Gasteiger partial charge in [-0.2, -0.15) is 0 Å². The number of nitrogens with two attached hydrogens (primary N) is 2. The monoisotopic (exact) mass is 381 g/mol. The Labute approximate surface area is 165 Å². The van der Waals surface area contributed by atoms with E-state index in [-0.39, 0.29) is 5.82 Å². The average molecular weight is 381 g/mol. The van der Waals surface area contributed by atoms with Crippen LogP contribution in [0.25, 0.3) is 44.2 Å². The molecule has 2 aromatic carbocycles. The molecule has 0 amide bonds. The van der Waals surface area contributed by atoms with E-state index in [1.165, 1.54) is 6.07 Å². The largest absolute Gasteiger partial charge is 0.384 e. The predicted molar refractivity (Wildman–Crippen MR) is 114 cm³/mol. The van der Waals surface area contributed by atoms with Gasteiger partial charge in [-0.25, -0.2) is 19.3 Å². The molecule has 0 saturated heterocycles. The molecular formula is C23H16FN5. The van der Waals surface area contributed by atoms with Crippen molar-refractivity contribution in [3.8, 4) is 22.4 Å². The summed E-state index contributed by atoms with van der Waals surface area (Å²) < 4.78 is 14.5. The zero-order valence-electron chi connectivity index (χ0n) is 15.3. The third-order valence-electron chi connectivity index (χ3n) is 4.97. The van der Waals surface area contributed by atoms with E-state index >= 15 is 0 Å². The number of rotatable bonds is 2. The summed E-state index contributed by atoms with van der Waals surface area (Å²) in [6.07, 6.45) is 1.68. The lowest BCUT2D eigenvalue weighted by molar-refractivity contribution is 0.631. The van der Waals surface area contributed by atoms with Crippen molar-refractivity contribution in [2.45, 2.75) is 0 Å². The minimum absolute atomic E-state index is 0.347. The fourth-order valence-electron chi connectivity index (χ4n) is 3.61. The van der Waals surface area contributed by atoms with Crippen molar-refractivity contribution in [1.29, 1.82) is 0 Å². The summed E-state index contributed by atoms with van der Waals surface area (Å²) in [6.45, 7) is 0. The van der Waals surface area contributed by atoms with E-state index in [0.29, 0.717) is 28.5 Å². The van der Waals surface area contributed by atoms with Crippen LogP contribution < -0.4 is 11.5 Å². The van der Waals surface area contributed by atoms with Gasteiger partial charge >= 0.3 is 0 Å². The zero-order valence-corrected chi connectivity index (χ0v) is 15.3. The van der Waals surface area contributed by atoms with E-state index in [1.807, 2.05) is 36.4 Å². The minimum atomic E-state index is -0.347. The van der Waals surface area contributed by atoms with E-state index in [9.17, 15) is 4.39 Å². The van der Waals surface area contributed by atoms with E-state index in [1.54, 1.807) is 30.5 Å². The van der Waals surface area contributed by atoms with E-state index < -0.39 is 0 Å². The Morgan fingerprint density at radius 2 is 1.52 bits per heavy atom. The van der Waals surface area contributed by atoms with Crippen LogP contribution in [0.1, 0.15) is 0 Å². The molecule has 0 aliphatic heterocycles. The van der Waals surface area contributed by atoms with E-state index in [4.69, 9.17) is 11.5 Å². The summed E-state index contributed by atoms with van der Waals surface area (Å²) in [4.78, 5) is 13.1. The van der Waals surface area contributed by atoms with E-state index in [0.717, 1.165) is 27.3 Å². The van der Waals surface area contributed by atoms with Crippen LogP contribution in [-0.2, 0) is 0 Å². The van der Waals surface area contributed by atoms with Gasteiger partial charge in [0.05, 0.1) is 5.69 Å². The third-order valence-corrected chi connectivity index (χ3v) is 4.97. The maximum absolute atomic E-state index is 14.5. The molecule has 0 atom stereocenters. The third kappa shape index (κ3) is 2.82. The van der Waals surface area contributed by atoms with Crippen LogP contribution in [0.2, 0.25) is 0 Å². The van der Waals surface area contributed by atoms with Crippen LogP contribution in [0.4, 0.5) is 16.0 Å². The molecule has 0 unspecified atom stereocenters. The van der Waals surface area contributed by atoms with Gasteiger partial charge in [0.2, 0.25) is 0 Å². The van der Waals surface area contributed by atoms with Crippen molar-refractivity contribution < 1.29 is 4.39 Å². The standard InChI is InChI=1S/C23H16FN5/c24-19-7-2-1-4-17(19)20-12-18(16-8-9-21(25)29-23(16)28-20)13-5-3-6-15-14(13)10-11-27-22(15)26/h1-12H,(H2,26,27)(H2,25,28,29). The van der Waals surface area contributed by atoms with Gasteiger partial charge in [-0.3, -0.25) is 0 Å². The molecule has 0 aliphatic rings. The Morgan fingerprint density at radius 1 is 0.690 bits per heavy atom. The number of hydrogen-bond acceptors (Lipinski definition) is 5. The summed E-state index contributed by atoms with van der Waals surface area (Å²) in [5.41, 5.74) is 15.1. The van der Waals surface area contributed by atoms with Crippen LogP contribution in [0.5, 0.6) is 0 Å². The molecule has 0 fully saturated rings. The molecule has 29 heavy (non-hydrogen) atoms. The molecule has 4 N–H and O–H groups in total. The first-order chi connectivity index (χ1) is 14.1. The molecule has 0 saturated carbocycles. The van der Waals surface area contributed by atoms with Crippen molar-refractivity contribution in [2.75, 3.05) is 11.5 Å². The number of anilines is 2. The lowest BCUT2D eigenvalue weighted by Gasteiger charge is -2.13. The molecule has 5 aromatic rings. The number of halogens is 1. The Hall–Kier alpha value is -4.06. The SMILES string of the molecule is Nc1ccc2c(-c3cccc4c(N)nccc34)cc(-c3ccccc3F)nc2n1. The summed E-state index contributed by atoms with van der Waals surface area (Å²) >= 11 is 0. The Kier molecular flexibility index (Phi) is 3.84. The van der Waals surface area contributed by atoms with Gasteiger partial charge in [-0.15, -0.1) is 0 Å². The van der Waals surface area contributed by atoms with Gasteiger partial charge < -0.3 is 11.5 Å². The molecule has 6 heteroatoms. The lowest BCUT2D eigenvalue weighted by Crippen LogP contribution is -1.97. The molecule has 0 aliphatic carbocycles. The van der Waals surface area contributed by atoms with Gasteiger partial charge in [0.25, 0.3) is 0 Å². The number of aromatic nitrogens is 3. The number of nitrogen functional groups attached to an aromatic ring is 2. The summed E-state index contributed by atoms with van der Waals surface area (Å²) in [7, 11) is 0. The van der Waals surface area contributed by atoms with Gasteiger partial charge in [-0.05, 0) is 52.9 Å². The van der Waals surface area contributed by atoms with Crippen molar-refractivity contribution >= 4 is 33.4 Å². The van der Waals surface area contributed by atoms with Crippen LogP contribution in [0.3, 0.4) is 0 Å². The molecule has 0 bridgehead atoms. The topological polar surface area (TPSA) is 90.7 Å². The quantitative estimate of drug-likeness (QED) is 0.458. The normalized spacial score (nSPS) is 11.2. The van der Waals surface area contributed by atoms with Gasteiger partial charge in [-0.1, -0.05) is 30.3 Å². The molecule has 3 heterocycles. The van der Waals surface area contributed by atoms with Gasteiger partial charge in [0.1, 0.15) is 17.5 Å². The maximum atomic E-state index is 14.5. The summed E-state index contributed by atoms with van der Waals surface area (Å²) in [5, 5.41) is 2.62. The molecule has 0 spiro atoms. The van der Waals surface area contributed by atoms with Crippen LogP contribution in [0.15, 0.2) is 72.9 Å². The highest BCUT2D eigenvalue weighted by Gasteiger charge is 2.15. The summed E-state index contributed by atoms with van der Waals surface area (Å²) in [6, 6.07) is 19.8. The van der Waals surface area contributed by atoms with Crippen molar-refractivity contribution in [3.05, 3.63) is 78.7 Å². The average Bonchev–Trinajstić information content (AvgIpc) is 2.73. The number of nitrogens with zero attached hydrogens (tertiary/aromatic N) is 3. The second-order valence-electron chi connectivity index (χ2n) is 6.74. The van der Waals surface area contributed by atoms with Crippen LogP contribution >= 0.6 is 0 Å². The number of pyridine rings is 3. The number of fused-ring (bicyclic) bond motifs is 2. The predicted octanol–water partition coefficient (Wildman–Crippen LogP) is 4.82. The highest BCUT2D eigenvalue weighted by molar-refractivity contribution is 6.07. The first-order valence-corrected chi connectivity index (χ1v) is 9.07. The first-order valence-electron chi connectivity index (χ1n) is 9.07. The molecule has 3 aromatic heterocycles. The van der Waals surface area contributed by atoms with Crippen molar-refractivity contribution in [2.24, 2.45) is 0 Å². The molecule has 0 radical (unpaired) electrons. The molecule has 140 valence electrons. The highest BCUT2D eigenvalue weighted by Crippen LogP contribution is 2.37. The second kappa shape index (κ2) is 6.53. The van der Waals surface area contributed by atoms with Crippen LogP contribution in [0, 0.1) is 5.82 Å². The minimum Gasteiger partial charge on any atom is -0.384 e. The molecule has 5 nitrogen and oxygen atoms in total. The Bertz CT molecular complexity index is 1400. The molecule has 5 rings (SSSR count). The van der Waals surface area contributed by atoms with Crippen molar-refractivity contribution in [1.82, 2.24) is 15.0 Å². The first kappa shape index (κ1) is 17.1. The second-order valence-corrected chi connectivity index (χ2v) is 6.74. The fraction of sp³-hybridized carbons (Fsp3) is 0. The highest BCUT2D eigenvalue weighted by atomic mass is 19.1. The number of benzene rings is 2. The zero-order chi connectivity index (χ0) is 20.0. The van der Waals surface area contributed by atoms with Gasteiger partial charge in [0.15, 0.2) is 5.65 Å². The van der Waals surface area contributed by atoms with E-state index in [2.05, 4.69) is 15.0 Å². The Balaban J connectivity index is 1.89. The number of hydrogen-bond donors (Lipinski definition) is 2. The fourth-order valence-corrected chi connectivity index (χ4v) is 3.61. The van der Waals surface area contributed by atoms with Gasteiger partial charge in [0, 0.05) is 22.5 Å². The van der Waals surface area contributed by atoms with Crippen molar-refractivity contribution in [3.63, 3.8) is 0 Å². The van der Waals surface area contributed by atoms with Crippen LogP contribution in [-0.4, -0.2) is 15.0 Å².